The number of aromatic amines is 1. The molecule has 1 aromatic heterocycles. The van der Waals surface area contributed by atoms with Crippen molar-refractivity contribution < 1.29 is 14.3 Å². The maximum absolute atomic E-state index is 13.6. The van der Waals surface area contributed by atoms with Crippen molar-refractivity contribution >= 4 is 69.7 Å². The van der Waals surface area contributed by atoms with Gasteiger partial charge in [-0.15, -0.1) is 0 Å². The van der Waals surface area contributed by atoms with E-state index in [0.29, 0.717) is 18.1 Å². The molecule has 1 aliphatic rings. The van der Waals surface area contributed by atoms with Crippen LogP contribution in [0.2, 0.25) is 20.1 Å². The number of H-pyrrole nitrogens is 1. The smallest absolute Gasteiger partial charge is 0.264 e. The van der Waals surface area contributed by atoms with E-state index >= 15 is 0 Å². The molecule has 236 valence electrons. The Morgan fingerprint density at radius 3 is 2.25 bits per heavy atom. The molecule has 8 nitrogen and oxygen atoms in total. The van der Waals surface area contributed by atoms with Gasteiger partial charge in [-0.1, -0.05) is 100 Å². The van der Waals surface area contributed by atoms with Crippen molar-refractivity contribution in [3.63, 3.8) is 0 Å². The molecular formula is C32H37Cl4N5O3. The number of amidine groups is 1. The number of hydrogen-bond donors (Lipinski definition) is 2. The number of rotatable bonds is 11. The second-order valence-electron chi connectivity index (χ2n) is 12.1. The van der Waals surface area contributed by atoms with Crippen molar-refractivity contribution in [1.29, 1.82) is 0 Å². The highest BCUT2D eigenvalue weighted by molar-refractivity contribution is 6.43. The zero-order valence-electron chi connectivity index (χ0n) is 25.7. The highest BCUT2D eigenvalue weighted by Crippen LogP contribution is 2.41. The van der Waals surface area contributed by atoms with Crippen LogP contribution in [0.1, 0.15) is 90.0 Å². The summed E-state index contributed by atoms with van der Waals surface area (Å²) in [6.07, 6.45) is 3.92. The van der Waals surface area contributed by atoms with Crippen LogP contribution >= 0.6 is 46.4 Å². The molecule has 44 heavy (non-hydrogen) atoms. The van der Waals surface area contributed by atoms with Crippen LogP contribution in [0.3, 0.4) is 0 Å². The number of hydrogen-bond acceptors (Lipinski definition) is 5. The molecule has 1 aliphatic heterocycles. The quantitative estimate of drug-likeness (QED) is 0.198. The molecule has 2 amide bonds. The topological polar surface area (TPSA) is 99.7 Å². The molecule has 2 aromatic carbocycles. The zero-order valence-corrected chi connectivity index (χ0v) is 28.7. The summed E-state index contributed by atoms with van der Waals surface area (Å²) in [4.78, 5) is 26.7. The highest BCUT2D eigenvalue weighted by Gasteiger charge is 2.42. The number of nitrogens with one attached hydrogen (secondary N) is 2. The van der Waals surface area contributed by atoms with Gasteiger partial charge in [0.2, 0.25) is 5.91 Å². The van der Waals surface area contributed by atoms with E-state index in [-0.39, 0.29) is 55.4 Å². The summed E-state index contributed by atoms with van der Waals surface area (Å²) in [5.74, 6) is -1.04. The van der Waals surface area contributed by atoms with Gasteiger partial charge in [-0.3, -0.25) is 14.7 Å². The Labute approximate surface area is 278 Å². The fourth-order valence-corrected chi connectivity index (χ4v) is 5.99. The second-order valence-corrected chi connectivity index (χ2v) is 13.8. The van der Waals surface area contributed by atoms with Crippen molar-refractivity contribution in [1.82, 2.24) is 15.5 Å². The number of anilines is 1. The maximum atomic E-state index is 13.6. The minimum absolute atomic E-state index is 0.0532. The Hall–Kier alpha value is -2.78. The lowest BCUT2D eigenvalue weighted by Crippen LogP contribution is -2.36. The number of benzene rings is 2. The van der Waals surface area contributed by atoms with Gasteiger partial charge in [0.1, 0.15) is 23.2 Å². The lowest BCUT2D eigenvalue weighted by atomic mass is 9.76. The third-order valence-corrected chi connectivity index (χ3v) is 9.47. The molecule has 2 heterocycles. The second kappa shape index (κ2) is 13.7. The van der Waals surface area contributed by atoms with Crippen LogP contribution in [0.15, 0.2) is 41.6 Å². The summed E-state index contributed by atoms with van der Waals surface area (Å²) in [6.45, 7) is 13.6. The van der Waals surface area contributed by atoms with Crippen LogP contribution in [-0.4, -0.2) is 34.5 Å². The molecule has 2 N–H and O–H groups in total. The van der Waals surface area contributed by atoms with Crippen molar-refractivity contribution in [2.24, 2.45) is 5.10 Å². The van der Waals surface area contributed by atoms with Gasteiger partial charge < -0.3 is 10.1 Å². The molecule has 0 bridgehead atoms. The Balaban J connectivity index is 1.48. The molecule has 4 rings (SSSR count). The molecule has 1 unspecified atom stereocenters. The first kappa shape index (κ1) is 34.1. The average Bonchev–Trinajstić information content (AvgIpc) is 3.51. The number of carbonyl (C=O) groups is 2. The number of halogens is 4. The highest BCUT2D eigenvalue weighted by atomic mass is 35.5. The van der Waals surface area contributed by atoms with Crippen LogP contribution in [0.4, 0.5) is 5.69 Å². The number of amides is 2. The first-order valence-electron chi connectivity index (χ1n) is 14.5. The molecule has 0 radical (unpaired) electrons. The minimum Gasteiger partial charge on any atom is -0.493 e. The van der Waals surface area contributed by atoms with Gasteiger partial charge in [0.15, 0.2) is 0 Å². The lowest BCUT2D eigenvalue weighted by Gasteiger charge is -2.30. The van der Waals surface area contributed by atoms with E-state index in [9.17, 15) is 9.59 Å². The molecule has 0 spiro atoms. The minimum atomic E-state index is -1.06. The van der Waals surface area contributed by atoms with Crippen molar-refractivity contribution in [3.8, 4) is 5.75 Å². The number of hydrazone groups is 1. The van der Waals surface area contributed by atoms with E-state index in [2.05, 4.69) is 74.3 Å². The van der Waals surface area contributed by atoms with Gasteiger partial charge in [0.05, 0.1) is 33.6 Å². The average molecular weight is 681 g/mol. The molecule has 0 aliphatic carbocycles. The van der Waals surface area contributed by atoms with Gasteiger partial charge in [0.25, 0.3) is 5.91 Å². The molecular weight excluding hydrogens is 644 g/mol. The van der Waals surface area contributed by atoms with E-state index in [4.69, 9.17) is 51.1 Å². The predicted octanol–water partition coefficient (Wildman–Crippen LogP) is 8.82. The van der Waals surface area contributed by atoms with Crippen LogP contribution in [-0.2, 0) is 20.4 Å². The van der Waals surface area contributed by atoms with E-state index in [1.165, 1.54) is 23.9 Å². The van der Waals surface area contributed by atoms with E-state index in [0.717, 1.165) is 29.2 Å². The van der Waals surface area contributed by atoms with Gasteiger partial charge in [-0.05, 0) is 53.9 Å². The summed E-state index contributed by atoms with van der Waals surface area (Å²) in [7, 11) is 0. The normalized spacial score (nSPS) is 15.5. The largest absolute Gasteiger partial charge is 0.493 e. The molecule has 0 saturated carbocycles. The summed E-state index contributed by atoms with van der Waals surface area (Å²) >= 11 is 25.1. The van der Waals surface area contributed by atoms with Crippen LogP contribution in [0.5, 0.6) is 5.75 Å². The molecule has 3 aromatic rings. The van der Waals surface area contributed by atoms with Gasteiger partial charge >= 0.3 is 0 Å². The Morgan fingerprint density at radius 1 is 1.00 bits per heavy atom. The third-order valence-electron chi connectivity index (χ3n) is 8.37. The fourth-order valence-electron chi connectivity index (χ4n) is 4.81. The van der Waals surface area contributed by atoms with E-state index in [1.54, 1.807) is 0 Å². The van der Waals surface area contributed by atoms with Crippen LogP contribution in [0, 0.1) is 0 Å². The Bertz CT molecular complexity index is 1560. The van der Waals surface area contributed by atoms with Gasteiger partial charge in [-0.25, -0.2) is 0 Å². The first-order chi connectivity index (χ1) is 20.7. The molecule has 0 fully saturated rings. The number of carbonyl (C=O) groups excluding carboxylic acids is 2. The maximum Gasteiger partial charge on any atom is 0.264 e. The fraction of sp³-hybridized carbons (Fsp3) is 0.438. The van der Waals surface area contributed by atoms with E-state index in [1.807, 2.05) is 6.07 Å². The number of aromatic nitrogens is 2. The zero-order chi connectivity index (χ0) is 32.4. The predicted molar refractivity (Wildman–Crippen MR) is 179 cm³/mol. The van der Waals surface area contributed by atoms with Crippen molar-refractivity contribution in [2.75, 3.05) is 11.6 Å². The third kappa shape index (κ3) is 7.20. The SMILES string of the molecule is CCC(C)(C)c1ccc(OCCCC(=O)NC2=NN(c3c(Cl)cc(Cl)cc3Cl)C(=O)C2c2[nH]ncc2Cl)c(C(C)(C)CC)c1. The van der Waals surface area contributed by atoms with Gasteiger partial charge in [0, 0.05) is 17.0 Å². The molecule has 1 atom stereocenters. The summed E-state index contributed by atoms with van der Waals surface area (Å²) in [5.41, 5.74) is 2.82. The lowest BCUT2D eigenvalue weighted by molar-refractivity contribution is -0.119. The first-order valence-corrected chi connectivity index (χ1v) is 16.0. The van der Waals surface area contributed by atoms with Crippen molar-refractivity contribution in [3.05, 3.63) is 73.4 Å². The number of nitrogens with zero attached hydrogens (tertiary/aromatic N) is 3. The van der Waals surface area contributed by atoms with Crippen molar-refractivity contribution in [2.45, 2.75) is 84.0 Å². The molecule has 0 saturated heterocycles. The standard InChI is InChI=1S/C32H37Cl4N5O3/c1-7-31(3,4)18-11-12-24(20(14-18)32(5,6)8-2)44-13-9-10-25(42)38-29-26(27-23(36)17-37-39-27)30(43)41(40-29)28-21(34)15-19(33)16-22(28)35/h11-12,14-17,26H,7-10,13H2,1-6H3,(H,37,39)(H,38,40,42). The summed E-state index contributed by atoms with van der Waals surface area (Å²) < 4.78 is 6.23. The monoisotopic (exact) mass is 679 g/mol. The Kier molecular flexibility index (Phi) is 10.6. The summed E-state index contributed by atoms with van der Waals surface area (Å²) in [5, 5.41) is 15.6. The Morgan fingerprint density at radius 2 is 1.66 bits per heavy atom. The van der Waals surface area contributed by atoms with Gasteiger partial charge in [-0.2, -0.15) is 15.2 Å². The van der Waals surface area contributed by atoms with Crippen LogP contribution in [0.25, 0.3) is 0 Å². The van der Waals surface area contributed by atoms with E-state index < -0.39 is 11.8 Å². The summed E-state index contributed by atoms with van der Waals surface area (Å²) in [6, 6.07) is 9.33. The molecule has 12 heteroatoms. The number of ether oxygens (including phenoxy) is 1. The van der Waals surface area contributed by atoms with Crippen LogP contribution < -0.4 is 15.1 Å².